The fourth-order valence-electron chi connectivity index (χ4n) is 6.28. The Kier molecular flexibility index (Phi) is 6.74. The van der Waals surface area contributed by atoms with Crippen molar-refractivity contribution in [3.05, 3.63) is 35.4 Å². The Morgan fingerprint density at radius 3 is 2.62 bits per heavy atom. The molecule has 34 heavy (non-hydrogen) atoms. The molecule has 1 aromatic carbocycles. The minimum Gasteiger partial charge on any atom is -0.460 e. The monoisotopic (exact) mass is 476 g/mol. The highest BCUT2D eigenvalue weighted by atomic mass is 17.3. The van der Waals surface area contributed by atoms with Gasteiger partial charge in [0.25, 0.3) is 0 Å². The van der Waals surface area contributed by atoms with Gasteiger partial charge in [0.15, 0.2) is 18.2 Å². The third-order valence-corrected chi connectivity index (χ3v) is 8.22. The first-order chi connectivity index (χ1) is 16.4. The molecule has 1 saturated carbocycles. The van der Waals surface area contributed by atoms with Gasteiger partial charge in [-0.05, 0) is 55.7 Å². The summed E-state index contributed by atoms with van der Waals surface area (Å²) in [5.74, 6) is 0.0484. The molecule has 0 amide bonds. The van der Waals surface area contributed by atoms with Gasteiger partial charge in [-0.2, -0.15) is 0 Å². The highest BCUT2D eigenvalue weighted by molar-refractivity contribution is 5.89. The van der Waals surface area contributed by atoms with Gasteiger partial charge in [0, 0.05) is 25.4 Å². The van der Waals surface area contributed by atoms with E-state index >= 15 is 0 Å². The van der Waals surface area contributed by atoms with Crippen molar-refractivity contribution in [1.29, 1.82) is 0 Å². The average molecular weight is 477 g/mol. The number of hydrogen-bond acceptors (Lipinski definition) is 8. The molecule has 2 bridgehead atoms. The fraction of sp³-hybridized carbons (Fsp3) is 0.731. The molecule has 1 unspecified atom stereocenters. The Bertz CT molecular complexity index is 874. The second-order valence-electron chi connectivity index (χ2n) is 10.4. The largest absolute Gasteiger partial charge is 0.460 e. The molecule has 8 atom stereocenters. The first kappa shape index (κ1) is 24.2. The number of benzene rings is 1. The molecule has 8 nitrogen and oxygen atoms in total. The van der Waals surface area contributed by atoms with Gasteiger partial charge in [0.05, 0.1) is 18.8 Å². The standard InChI is InChI=1S/C26H36O8/c1-16-5-10-21-17(2)23(31-24-26(21)20(16)11-12-25(3,32-24)33-34-26)30-15-18-6-8-19(9-7-18)22(27)29-14-13-28-4/h6-9,16-17,20-21,23-24H,5,10-15H2,1-4H3/t16-,17-,20+,21+,23?,24-,25+,26-/m1/s1. The molecular formula is C26H36O8. The Morgan fingerprint density at radius 1 is 1.06 bits per heavy atom. The smallest absolute Gasteiger partial charge is 0.338 e. The zero-order valence-corrected chi connectivity index (χ0v) is 20.5. The van der Waals surface area contributed by atoms with Crippen molar-refractivity contribution in [2.45, 2.75) is 77.0 Å². The normalized spacial score (nSPS) is 40.9. The lowest BCUT2D eigenvalue weighted by Crippen LogP contribution is -2.70. The summed E-state index contributed by atoms with van der Waals surface area (Å²) in [6, 6.07) is 7.26. The second-order valence-corrected chi connectivity index (χ2v) is 10.4. The highest BCUT2D eigenvalue weighted by Gasteiger charge is 2.69. The predicted octanol–water partition coefficient (Wildman–Crippen LogP) is 4.21. The molecule has 188 valence electrons. The van der Waals surface area contributed by atoms with Gasteiger partial charge >= 0.3 is 5.97 Å². The molecule has 5 fully saturated rings. The van der Waals surface area contributed by atoms with E-state index in [9.17, 15) is 4.79 Å². The van der Waals surface area contributed by atoms with Gasteiger partial charge in [-0.1, -0.05) is 26.0 Å². The van der Waals surface area contributed by atoms with E-state index < -0.39 is 24.0 Å². The number of methoxy groups -OCH3 is 1. The lowest BCUT2D eigenvalue weighted by Gasteiger charge is -2.60. The molecule has 0 radical (unpaired) electrons. The number of esters is 1. The van der Waals surface area contributed by atoms with Crippen molar-refractivity contribution in [2.24, 2.45) is 23.7 Å². The number of hydrogen-bond donors (Lipinski definition) is 0. The summed E-state index contributed by atoms with van der Waals surface area (Å²) in [7, 11) is 1.57. The number of rotatable bonds is 7. The molecule has 6 rings (SSSR count). The van der Waals surface area contributed by atoms with E-state index in [1.54, 1.807) is 19.2 Å². The molecular weight excluding hydrogens is 440 g/mol. The van der Waals surface area contributed by atoms with Crippen LogP contribution in [0, 0.1) is 23.7 Å². The van der Waals surface area contributed by atoms with Gasteiger partial charge in [-0.15, -0.1) is 0 Å². The lowest BCUT2D eigenvalue weighted by molar-refractivity contribution is -0.577. The van der Waals surface area contributed by atoms with E-state index in [0.717, 1.165) is 31.2 Å². The number of carbonyl (C=O) groups excluding carboxylic acids is 1. The molecule has 8 heteroatoms. The van der Waals surface area contributed by atoms with Crippen LogP contribution in [0.4, 0.5) is 0 Å². The summed E-state index contributed by atoms with van der Waals surface area (Å²) in [6.07, 6.45) is 3.05. The van der Waals surface area contributed by atoms with E-state index in [2.05, 4.69) is 13.8 Å². The van der Waals surface area contributed by atoms with Crippen molar-refractivity contribution in [3.8, 4) is 0 Å². The summed E-state index contributed by atoms with van der Waals surface area (Å²) < 4.78 is 29.2. The summed E-state index contributed by atoms with van der Waals surface area (Å²) in [4.78, 5) is 24.1. The van der Waals surface area contributed by atoms with Crippen LogP contribution in [0.25, 0.3) is 0 Å². The third-order valence-electron chi connectivity index (χ3n) is 8.22. The molecule has 4 aliphatic heterocycles. The summed E-state index contributed by atoms with van der Waals surface area (Å²) in [6.45, 7) is 7.39. The zero-order valence-electron chi connectivity index (χ0n) is 20.5. The second kappa shape index (κ2) is 9.48. The van der Waals surface area contributed by atoms with Gasteiger partial charge in [0.1, 0.15) is 6.61 Å². The quantitative estimate of drug-likeness (QED) is 0.329. The van der Waals surface area contributed by atoms with Crippen LogP contribution in [0.5, 0.6) is 0 Å². The Hall–Kier alpha value is -1.55. The van der Waals surface area contributed by atoms with Crippen molar-refractivity contribution in [1.82, 2.24) is 0 Å². The first-order valence-corrected chi connectivity index (χ1v) is 12.4. The maximum Gasteiger partial charge on any atom is 0.338 e. The Labute approximate surface area is 201 Å². The molecule has 1 spiro atoms. The van der Waals surface area contributed by atoms with E-state index in [-0.39, 0.29) is 24.4 Å². The lowest BCUT2D eigenvalue weighted by atomic mass is 9.58. The van der Waals surface area contributed by atoms with Crippen LogP contribution in [-0.4, -0.2) is 50.3 Å². The summed E-state index contributed by atoms with van der Waals surface area (Å²) in [5.41, 5.74) is 0.867. The van der Waals surface area contributed by atoms with E-state index in [4.69, 9.17) is 33.5 Å². The molecule has 1 aromatic rings. The van der Waals surface area contributed by atoms with E-state index in [1.807, 2.05) is 19.1 Å². The topological polar surface area (TPSA) is 81.7 Å². The minimum atomic E-state index is -0.795. The molecule has 1 aliphatic carbocycles. The molecule has 0 aromatic heterocycles. The van der Waals surface area contributed by atoms with Crippen LogP contribution in [0.3, 0.4) is 0 Å². The molecule has 4 saturated heterocycles. The van der Waals surface area contributed by atoms with E-state index in [0.29, 0.717) is 30.6 Å². The zero-order chi connectivity index (χ0) is 23.9. The van der Waals surface area contributed by atoms with Gasteiger partial charge in [0.2, 0.25) is 5.79 Å². The van der Waals surface area contributed by atoms with Crippen molar-refractivity contribution in [2.75, 3.05) is 20.3 Å². The van der Waals surface area contributed by atoms with Gasteiger partial charge in [-0.25, -0.2) is 14.6 Å². The fourth-order valence-corrected chi connectivity index (χ4v) is 6.28. The molecule has 5 aliphatic rings. The molecule has 4 heterocycles. The number of carbonyl (C=O) groups is 1. The Morgan fingerprint density at radius 2 is 1.85 bits per heavy atom. The summed E-state index contributed by atoms with van der Waals surface area (Å²) >= 11 is 0. The first-order valence-electron chi connectivity index (χ1n) is 12.4. The third kappa shape index (κ3) is 4.18. The summed E-state index contributed by atoms with van der Waals surface area (Å²) in [5, 5.41) is 0. The van der Waals surface area contributed by atoms with Gasteiger partial charge in [-0.3, -0.25) is 0 Å². The van der Waals surface area contributed by atoms with Crippen LogP contribution in [0.2, 0.25) is 0 Å². The molecule has 0 N–H and O–H groups in total. The predicted molar refractivity (Wildman–Crippen MR) is 120 cm³/mol. The number of fused-ring (bicyclic) bond motifs is 2. The maximum atomic E-state index is 12.1. The maximum absolute atomic E-state index is 12.1. The van der Waals surface area contributed by atoms with Crippen molar-refractivity contribution in [3.63, 3.8) is 0 Å². The highest BCUT2D eigenvalue weighted by Crippen LogP contribution is 2.60. The van der Waals surface area contributed by atoms with Gasteiger partial charge < -0.3 is 23.7 Å². The average Bonchev–Trinajstić information content (AvgIpc) is 3.07. The number of ether oxygens (including phenoxy) is 5. The van der Waals surface area contributed by atoms with Crippen molar-refractivity contribution < 1.29 is 38.3 Å². The van der Waals surface area contributed by atoms with Crippen LogP contribution in [0.1, 0.15) is 62.4 Å². The van der Waals surface area contributed by atoms with E-state index in [1.165, 1.54) is 0 Å². The van der Waals surface area contributed by atoms with Crippen LogP contribution >= 0.6 is 0 Å². The SMILES string of the molecule is COCCOC(=O)c1ccc(COC2O[C@@H]3O[C@]4(C)CC[C@H]5[C@H](C)CC[C@@H]([C@H]2C)[C@@]35OO4)cc1. The minimum absolute atomic E-state index is 0.121. The Balaban J connectivity index is 1.26. The van der Waals surface area contributed by atoms with Crippen LogP contribution < -0.4 is 0 Å². The van der Waals surface area contributed by atoms with Crippen molar-refractivity contribution >= 4 is 5.97 Å². The van der Waals surface area contributed by atoms with Crippen LogP contribution in [0.15, 0.2) is 24.3 Å². The van der Waals surface area contributed by atoms with Crippen LogP contribution in [-0.2, 0) is 40.1 Å².